The van der Waals surface area contributed by atoms with Crippen LogP contribution in [-0.4, -0.2) is 0 Å². The fourth-order valence-electron chi connectivity index (χ4n) is 0.883. The molecule has 0 spiro atoms. The van der Waals surface area contributed by atoms with E-state index in [0.717, 1.165) is 11.3 Å². The normalized spacial score (nSPS) is 12.1. The van der Waals surface area contributed by atoms with Crippen molar-refractivity contribution in [3.8, 4) is 0 Å². The van der Waals surface area contributed by atoms with Crippen LogP contribution in [0.2, 0.25) is 0 Å². The van der Waals surface area contributed by atoms with Gasteiger partial charge in [0.15, 0.2) is 0 Å². The molecule has 0 aliphatic heterocycles. The zero-order valence-corrected chi connectivity index (χ0v) is 7.08. The van der Waals surface area contributed by atoms with Gasteiger partial charge in [-0.2, -0.15) is 0 Å². The van der Waals surface area contributed by atoms with Gasteiger partial charge >= 0.3 is 0 Å². The summed E-state index contributed by atoms with van der Waals surface area (Å²) in [6.45, 7) is 2.01. The maximum atomic E-state index is 8.23. The van der Waals surface area contributed by atoms with E-state index in [-0.39, 0.29) is 6.04 Å². The SMILES string of the molecule is CC[C@@H](N=[N+]=[N-])c1cccs1. The molecule has 0 N–H and O–H groups in total. The van der Waals surface area contributed by atoms with Gasteiger partial charge in [-0.3, -0.25) is 0 Å². The molecule has 0 bridgehead atoms. The third-order valence-electron chi connectivity index (χ3n) is 1.45. The number of rotatable bonds is 3. The van der Waals surface area contributed by atoms with E-state index in [1.54, 1.807) is 11.3 Å². The summed E-state index contributed by atoms with van der Waals surface area (Å²) in [5.74, 6) is 0. The van der Waals surface area contributed by atoms with Crippen molar-refractivity contribution >= 4 is 11.3 Å². The summed E-state index contributed by atoms with van der Waals surface area (Å²) in [7, 11) is 0. The molecule has 0 radical (unpaired) electrons. The maximum absolute atomic E-state index is 8.23. The molecular formula is C7H9N3S. The van der Waals surface area contributed by atoms with Crippen LogP contribution in [0.5, 0.6) is 0 Å². The van der Waals surface area contributed by atoms with E-state index < -0.39 is 0 Å². The topological polar surface area (TPSA) is 48.8 Å². The molecule has 0 unspecified atom stereocenters. The molecule has 0 aliphatic rings. The highest BCUT2D eigenvalue weighted by molar-refractivity contribution is 7.10. The van der Waals surface area contributed by atoms with Crippen molar-refractivity contribution in [2.24, 2.45) is 5.11 Å². The minimum atomic E-state index is 0.0278. The van der Waals surface area contributed by atoms with Gasteiger partial charge in [-0.1, -0.05) is 18.1 Å². The third-order valence-corrected chi connectivity index (χ3v) is 2.42. The molecule has 1 rings (SSSR count). The van der Waals surface area contributed by atoms with Crippen molar-refractivity contribution in [3.63, 3.8) is 0 Å². The van der Waals surface area contributed by atoms with Crippen LogP contribution in [0.4, 0.5) is 0 Å². The lowest BCUT2D eigenvalue weighted by Crippen LogP contribution is -1.86. The molecule has 0 aliphatic carbocycles. The molecule has 3 nitrogen and oxygen atoms in total. The molecule has 11 heavy (non-hydrogen) atoms. The van der Waals surface area contributed by atoms with Gasteiger partial charge in [0.2, 0.25) is 0 Å². The van der Waals surface area contributed by atoms with Crippen molar-refractivity contribution in [1.29, 1.82) is 0 Å². The monoisotopic (exact) mass is 167 g/mol. The number of azide groups is 1. The molecule has 0 amide bonds. The molecule has 4 heteroatoms. The second-order valence-electron chi connectivity index (χ2n) is 2.14. The summed E-state index contributed by atoms with van der Waals surface area (Å²) in [6.07, 6.45) is 0.866. The van der Waals surface area contributed by atoms with Crippen LogP contribution >= 0.6 is 11.3 Å². The zero-order valence-electron chi connectivity index (χ0n) is 6.27. The zero-order chi connectivity index (χ0) is 8.10. The van der Waals surface area contributed by atoms with Gasteiger partial charge in [0, 0.05) is 9.79 Å². The molecule has 1 aromatic rings. The summed E-state index contributed by atoms with van der Waals surface area (Å²) >= 11 is 1.63. The van der Waals surface area contributed by atoms with Crippen LogP contribution in [0, 0.1) is 0 Å². The van der Waals surface area contributed by atoms with Gasteiger partial charge in [0.1, 0.15) is 0 Å². The van der Waals surface area contributed by atoms with Crippen LogP contribution in [-0.2, 0) is 0 Å². The van der Waals surface area contributed by atoms with E-state index >= 15 is 0 Å². The fourth-order valence-corrected chi connectivity index (χ4v) is 1.73. The molecule has 0 saturated carbocycles. The lowest BCUT2D eigenvalue weighted by Gasteiger charge is -2.02. The lowest BCUT2D eigenvalue weighted by atomic mass is 10.2. The highest BCUT2D eigenvalue weighted by Gasteiger charge is 2.06. The minimum Gasteiger partial charge on any atom is -0.149 e. The first kappa shape index (κ1) is 8.11. The second kappa shape index (κ2) is 4.01. The Bertz CT molecular complexity index is 249. The molecule has 1 heterocycles. The van der Waals surface area contributed by atoms with Gasteiger partial charge < -0.3 is 0 Å². The molecule has 0 aromatic carbocycles. The number of thiophene rings is 1. The molecule has 0 fully saturated rings. The minimum absolute atomic E-state index is 0.0278. The van der Waals surface area contributed by atoms with E-state index in [9.17, 15) is 0 Å². The smallest absolute Gasteiger partial charge is 0.0716 e. The number of hydrogen-bond acceptors (Lipinski definition) is 2. The Kier molecular flexibility index (Phi) is 2.95. The summed E-state index contributed by atoms with van der Waals surface area (Å²) < 4.78 is 0. The standard InChI is InChI=1S/C7H9N3S/c1-2-6(9-10-8)7-4-3-5-11-7/h3-6H,2H2,1H3/t6-/m1/s1. The summed E-state index contributed by atoms with van der Waals surface area (Å²) in [4.78, 5) is 3.94. The number of nitrogens with zero attached hydrogens (tertiary/aromatic N) is 3. The maximum Gasteiger partial charge on any atom is 0.0716 e. The Hall–Kier alpha value is -0.990. The average molecular weight is 167 g/mol. The van der Waals surface area contributed by atoms with Gasteiger partial charge in [-0.25, -0.2) is 0 Å². The van der Waals surface area contributed by atoms with E-state index in [0.29, 0.717) is 0 Å². The van der Waals surface area contributed by atoms with Crippen molar-refractivity contribution in [1.82, 2.24) is 0 Å². The molecule has 0 saturated heterocycles. The predicted molar refractivity (Wildman–Crippen MR) is 46.5 cm³/mol. The van der Waals surface area contributed by atoms with Crippen molar-refractivity contribution in [2.75, 3.05) is 0 Å². The van der Waals surface area contributed by atoms with Gasteiger partial charge in [-0.15, -0.1) is 11.3 Å². The first-order valence-electron chi connectivity index (χ1n) is 3.46. The molecule has 58 valence electrons. The third kappa shape index (κ3) is 1.97. The Morgan fingerprint density at radius 2 is 2.64 bits per heavy atom. The number of hydrogen-bond donors (Lipinski definition) is 0. The highest BCUT2D eigenvalue weighted by Crippen LogP contribution is 2.25. The van der Waals surface area contributed by atoms with Gasteiger partial charge in [0.05, 0.1) is 6.04 Å². The van der Waals surface area contributed by atoms with E-state index in [4.69, 9.17) is 5.53 Å². The average Bonchev–Trinajstić information content (AvgIpc) is 2.52. The van der Waals surface area contributed by atoms with E-state index in [1.807, 2.05) is 24.4 Å². The molecule has 1 atom stereocenters. The van der Waals surface area contributed by atoms with Crippen molar-refractivity contribution in [2.45, 2.75) is 19.4 Å². The second-order valence-corrected chi connectivity index (χ2v) is 3.12. The summed E-state index contributed by atoms with van der Waals surface area (Å²) in [5.41, 5.74) is 8.23. The van der Waals surface area contributed by atoms with Crippen molar-refractivity contribution in [3.05, 3.63) is 32.8 Å². The quantitative estimate of drug-likeness (QED) is 0.376. The lowest BCUT2D eigenvalue weighted by molar-refractivity contribution is 0.706. The van der Waals surface area contributed by atoms with Crippen LogP contribution < -0.4 is 0 Å². The summed E-state index contributed by atoms with van der Waals surface area (Å²) in [5, 5.41) is 5.67. The largest absolute Gasteiger partial charge is 0.149 e. The summed E-state index contributed by atoms with van der Waals surface area (Å²) in [6, 6.07) is 3.99. The Labute approximate surface area is 69.3 Å². The Balaban J connectivity index is 2.79. The Morgan fingerprint density at radius 1 is 1.82 bits per heavy atom. The fraction of sp³-hybridized carbons (Fsp3) is 0.429. The van der Waals surface area contributed by atoms with Crippen LogP contribution in [0.3, 0.4) is 0 Å². The highest BCUT2D eigenvalue weighted by atomic mass is 32.1. The van der Waals surface area contributed by atoms with Crippen LogP contribution in [0.25, 0.3) is 10.4 Å². The Morgan fingerprint density at radius 3 is 3.09 bits per heavy atom. The first-order valence-corrected chi connectivity index (χ1v) is 4.34. The van der Waals surface area contributed by atoms with Crippen molar-refractivity contribution < 1.29 is 0 Å². The van der Waals surface area contributed by atoms with Gasteiger partial charge in [-0.05, 0) is 23.4 Å². The van der Waals surface area contributed by atoms with E-state index in [2.05, 4.69) is 10.0 Å². The molecule has 1 aromatic heterocycles. The van der Waals surface area contributed by atoms with E-state index in [1.165, 1.54) is 0 Å². The molecular weight excluding hydrogens is 158 g/mol. The first-order chi connectivity index (χ1) is 5.38. The van der Waals surface area contributed by atoms with Gasteiger partial charge in [0.25, 0.3) is 0 Å². The van der Waals surface area contributed by atoms with Crippen LogP contribution in [0.15, 0.2) is 22.6 Å². The van der Waals surface area contributed by atoms with Crippen LogP contribution in [0.1, 0.15) is 24.3 Å². The predicted octanol–water partition coefficient (Wildman–Crippen LogP) is 3.51.